The number of thioether (sulfide) groups is 1. The summed E-state index contributed by atoms with van der Waals surface area (Å²) in [4.78, 5) is 14.0. The highest BCUT2D eigenvalue weighted by Crippen LogP contribution is 2.40. The summed E-state index contributed by atoms with van der Waals surface area (Å²) in [6.07, 6.45) is 8.02. The zero-order chi connectivity index (χ0) is 18.8. The molecular weight excluding hydrogens is 376 g/mol. The van der Waals surface area contributed by atoms with Gasteiger partial charge >= 0.3 is 0 Å². The normalized spacial score (nSPS) is 23.9. The van der Waals surface area contributed by atoms with Crippen LogP contribution in [0.3, 0.4) is 0 Å². The average Bonchev–Trinajstić information content (AvgIpc) is 3.21. The Hall–Kier alpha value is -1.34. The molecular formula is C20H28N4OS2. The average molecular weight is 405 g/mol. The molecule has 4 rings (SSSR count). The third kappa shape index (κ3) is 4.57. The van der Waals surface area contributed by atoms with Gasteiger partial charge in [-0.2, -0.15) is 0 Å². The Morgan fingerprint density at radius 2 is 2.15 bits per heavy atom. The van der Waals surface area contributed by atoms with Crippen molar-refractivity contribution in [1.82, 2.24) is 20.1 Å². The van der Waals surface area contributed by atoms with Crippen molar-refractivity contribution in [1.29, 1.82) is 0 Å². The molecule has 2 aromatic rings. The van der Waals surface area contributed by atoms with Crippen molar-refractivity contribution in [2.24, 2.45) is 5.92 Å². The fourth-order valence-electron chi connectivity index (χ4n) is 3.82. The highest BCUT2D eigenvalue weighted by molar-refractivity contribution is 8.00. The Morgan fingerprint density at radius 3 is 2.85 bits per heavy atom. The summed E-state index contributed by atoms with van der Waals surface area (Å²) in [5.74, 6) is 1.73. The number of amides is 1. The Kier molecular flexibility index (Phi) is 5.88. The molecule has 27 heavy (non-hydrogen) atoms. The first-order valence-electron chi connectivity index (χ1n) is 10.0. The number of carbonyl (C=O) groups excluding carboxylic acids is 1. The van der Waals surface area contributed by atoms with E-state index in [1.165, 1.54) is 37.0 Å². The summed E-state index contributed by atoms with van der Waals surface area (Å²) in [5, 5.41) is 15.0. The molecule has 0 spiro atoms. The second-order valence-electron chi connectivity index (χ2n) is 7.89. The first-order valence-corrected chi connectivity index (χ1v) is 11.8. The molecule has 0 radical (unpaired) electrons. The summed E-state index contributed by atoms with van der Waals surface area (Å²) in [7, 11) is 0. The second kappa shape index (κ2) is 8.35. The summed E-state index contributed by atoms with van der Waals surface area (Å²) >= 11 is 3.30. The Morgan fingerprint density at radius 1 is 1.33 bits per heavy atom. The maximum Gasteiger partial charge on any atom is 0.233 e. The van der Waals surface area contributed by atoms with E-state index in [1.807, 2.05) is 6.92 Å². The molecule has 7 heteroatoms. The topological polar surface area (TPSA) is 59.8 Å². The Labute approximate surface area is 169 Å². The van der Waals surface area contributed by atoms with Crippen LogP contribution < -0.4 is 5.32 Å². The van der Waals surface area contributed by atoms with Crippen molar-refractivity contribution >= 4 is 29.0 Å². The fraction of sp³-hybridized carbons (Fsp3) is 0.650. The van der Waals surface area contributed by atoms with E-state index in [1.54, 1.807) is 23.1 Å². The molecule has 0 unspecified atom stereocenters. The molecule has 2 heterocycles. The molecule has 0 aliphatic heterocycles. The lowest BCUT2D eigenvalue weighted by atomic mass is 9.86. The van der Waals surface area contributed by atoms with E-state index < -0.39 is 0 Å². The fourth-order valence-corrected chi connectivity index (χ4v) is 5.47. The Bertz CT molecular complexity index is 769. The third-order valence-corrected chi connectivity index (χ3v) is 7.58. The summed E-state index contributed by atoms with van der Waals surface area (Å²) < 4.78 is 2.28. The lowest BCUT2D eigenvalue weighted by molar-refractivity contribution is -0.121. The lowest BCUT2D eigenvalue weighted by Crippen LogP contribution is -2.44. The number of nitrogens with one attached hydrogen (secondary N) is 1. The van der Waals surface area contributed by atoms with E-state index in [9.17, 15) is 4.79 Å². The predicted octanol–water partition coefficient (Wildman–Crippen LogP) is 4.44. The molecule has 5 nitrogen and oxygen atoms in total. The third-order valence-electron chi connectivity index (χ3n) is 5.65. The molecule has 146 valence electrons. The van der Waals surface area contributed by atoms with E-state index in [4.69, 9.17) is 0 Å². The molecule has 2 fully saturated rings. The van der Waals surface area contributed by atoms with E-state index in [2.05, 4.69) is 44.5 Å². The van der Waals surface area contributed by atoms with Gasteiger partial charge in [0.25, 0.3) is 0 Å². The predicted molar refractivity (Wildman–Crippen MR) is 110 cm³/mol. The summed E-state index contributed by atoms with van der Waals surface area (Å²) in [6.45, 7) is 4.24. The smallest absolute Gasteiger partial charge is 0.233 e. The maximum atomic E-state index is 12.7. The number of hydrogen-bond acceptors (Lipinski definition) is 5. The Balaban J connectivity index is 1.42. The molecule has 2 aliphatic carbocycles. The molecule has 0 aromatic carbocycles. The molecule has 1 N–H and O–H groups in total. The van der Waals surface area contributed by atoms with Crippen molar-refractivity contribution in [3.8, 4) is 0 Å². The van der Waals surface area contributed by atoms with Gasteiger partial charge in [0.2, 0.25) is 5.91 Å². The highest BCUT2D eigenvalue weighted by Gasteiger charge is 2.32. The largest absolute Gasteiger partial charge is 0.352 e. The molecule has 2 aromatic heterocycles. The molecule has 2 saturated carbocycles. The minimum absolute atomic E-state index is 0.129. The van der Waals surface area contributed by atoms with Gasteiger partial charge in [0.15, 0.2) is 5.16 Å². The van der Waals surface area contributed by atoms with Crippen LogP contribution in [0.25, 0.3) is 0 Å². The van der Waals surface area contributed by atoms with Gasteiger partial charge < -0.3 is 9.88 Å². The minimum atomic E-state index is -0.157. The van der Waals surface area contributed by atoms with Gasteiger partial charge in [0.1, 0.15) is 5.82 Å². The summed E-state index contributed by atoms with van der Waals surface area (Å²) in [6, 6.07) is 5.05. The number of carbonyl (C=O) groups is 1. The van der Waals surface area contributed by atoms with Gasteiger partial charge in [-0.25, -0.2) is 0 Å². The first kappa shape index (κ1) is 19.0. The molecule has 2 aliphatic rings. The monoisotopic (exact) mass is 404 g/mol. The molecule has 0 saturated heterocycles. The number of hydrogen-bond donors (Lipinski definition) is 1. The molecule has 3 atom stereocenters. The van der Waals surface area contributed by atoms with Crippen molar-refractivity contribution in [2.45, 2.75) is 81.3 Å². The van der Waals surface area contributed by atoms with Crippen LogP contribution in [-0.2, 0) is 11.2 Å². The van der Waals surface area contributed by atoms with Crippen LogP contribution in [0.5, 0.6) is 0 Å². The van der Waals surface area contributed by atoms with Gasteiger partial charge in [-0.15, -0.1) is 21.5 Å². The summed E-state index contributed by atoms with van der Waals surface area (Å²) in [5.41, 5.74) is 0. The number of rotatable bonds is 7. The van der Waals surface area contributed by atoms with Crippen molar-refractivity contribution in [2.75, 3.05) is 0 Å². The molecule has 0 bridgehead atoms. The van der Waals surface area contributed by atoms with Crippen molar-refractivity contribution < 1.29 is 4.79 Å². The second-order valence-corrected chi connectivity index (χ2v) is 10.2. The standard InChI is InChI=1S/C20H28N4OS2/c1-13-6-3-4-8-17(13)21-19(25)14(2)27-20-23-22-18(24(20)15-9-10-15)12-16-7-5-11-26-16/h5,7,11,13-15,17H,3-4,6,8-10,12H2,1-2H3,(H,21,25)/t13-,14-,17+/m1/s1. The number of nitrogens with zero attached hydrogens (tertiary/aromatic N) is 3. The quantitative estimate of drug-likeness (QED) is 0.693. The van der Waals surface area contributed by atoms with Gasteiger partial charge in [-0.1, -0.05) is 37.6 Å². The van der Waals surface area contributed by atoms with Gasteiger partial charge in [-0.3, -0.25) is 4.79 Å². The van der Waals surface area contributed by atoms with Gasteiger partial charge in [-0.05, 0) is 50.0 Å². The van der Waals surface area contributed by atoms with Crippen LogP contribution in [0.2, 0.25) is 0 Å². The van der Waals surface area contributed by atoms with Crippen molar-refractivity contribution in [3.63, 3.8) is 0 Å². The zero-order valence-electron chi connectivity index (χ0n) is 16.1. The van der Waals surface area contributed by atoms with Crippen LogP contribution in [0.15, 0.2) is 22.7 Å². The van der Waals surface area contributed by atoms with Crippen molar-refractivity contribution in [3.05, 3.63) is 28.2 Å². The van der Waals surface area contributed by atoms with Crippen LogP contribution in [-0.4, -0.2) is 32.0 Å². The maximum absolute atomic E-state index is 12.7. The van der Waals surface area contributed by atoms with E-state index in [0.29, 0.717) is 18.0 Å². The first-order chi connectivity index (χ1) is 13.1. The lowest BCUT2D eigenvalue weighted by Gasteiger charge is -2.30. The van der Waals surface area contributed by atoms with Crippen LogP contribution in [0.1, 0.15) is 69.1 Å². The van der Waals surface area contributed by atoms with Crippen LogP contribution in [0, 0.1) is 5.92 Å². The molecule has 1 amide bonds. The van der Waals surface area contributed by atoms with E-state index in [-0.39, 0.29) is 11.2 Å². The number of aromatic nitrogens is 3. The number of thiophene rings is 1. The minimum Gasteiger partial charge on any atom is -0.352 e. The SMILES string of the molecule is C[C@@H]1CCCC[C@@H]1NC(=O)[C@@H](C)Sc1nnc(Cc2cccs2)n1C1CC1. The van der Waals surface area contributed by atoms with Gasteiger partial charge in [0, 0.05) is 23.4 Å². The van der Waals surface area contributed by atoms with E-state index in [0.717, 1.165) is 23.8 Å². The zero-order valence-corrected chi connectivity index (χ0v) is 17.7. The van der Waals surface area contributed by atoms with Crippen LogP contribution >= 0.6 is 23.1 Å². The highest BCUT2D eigenvalue weighted by atomic mass is 32.2. The van der Waals surface area contributed by atoms with Gasteiger partial charge in [0.05, 0.1) is 5.25 Å². The van der Waals surface area contributed by atoms with E-state index >= 15 is 0 Å². The van der Waals surface area contributed by atoms with Crippen LogP contribution in [0.4, 0.5) is 0 Å².